The van der Waals surface area contributed by atoms with Crippen molar-refractivity contribution in [2.45, 2.75) is 74.4 Å². The molecule has 1 aliphatic rings. The summed E-state index contributed by atoms with van der Waals surface area (Å²) in [5, 5.41) is 21.4. The molecule has 1 aromatic heterocycles. The van der Waals surface area contributed by atoms with Crippen LogP contribution in [0.5, 0.6) is 0 Å². The zero-order chi connectivity index (χ0) is 33.1. The highest BCUT2D eigenvalue weighted by molar-refractivity contribution is 7.89. The quantitative estimate of drug-likeness (QED) is 0.0836. The number of thiocarbonyl (C=S) groups is 1. The van der Waals surface area contributed by atoms with Crippen molar-refractivity contribution in [2.24, 2.45) is 0 Å². The van der Waals surface area contributed by atoms with Crippen LogP contribution in [0.2, 0.25) is 0 Å². The number of sulfonamides is 1. The summed E-state index contributed by atoms with van der Waals surface area (Å²) in [6.07, 6.45) is 5.53. The number of carbonyl (C=O) groups is 3. The van der Waals surface area contributed by atoms with Crippen LogP contribution >= 0.6 is 12.2 Å². The minimum Gasteiger partial charge on any atom is -0.481 e. The van der Waals surface area contributed by atoms with Crippen molar-refractivity contribution in [3.8, 4) is 0 Å². The van der Waals surface area contributed by atoms with E-state index in [9.17, 15) is 27.2 Å². The fourth-order valence-electron chi connectivity index (χ4n) is 5.01. The van der Waals surface area contributed by atoms with E-state index in [4.69, 9.17) is 17.3 Å². The molecule has 7 N–H and O–H groups in total. The first-order valence-corrected chi connectivity index (χ1v) is 17.1. The monoisotopic (exact) mass is 674 g/mol. The number of rotatable bonds is 17. The third-order valence-electron chi connectivity index (χ3n) is 7.73. The molecular weight excluding hydrogens is 636 g/mol. The Morgan fingerprint density at radius 2 is 1.76 bits per heavy atom. The summed E-state index contributed by atoms with van der Waals surface area (Å²) in [4.78, 5) is 40.7. The first-order chi connectivity index (χ1) is 22.0. The van der Waals surface area contributed by atoms with Gasteiger partial charge in [0.2, 0.25) is 21.8 Å². The van der Waals surface area contributed by atoms with Crippen LogP contribution in [0.25, 0.3) is 10.9 Å². The van der Waals surface area contributed by atoms with E-state index in [1.54, 1.807) is 6.20 Å². The predicted octanol–water partition coefficient (Wildman–Crippen LogP) is 2.46. The number of halogens is 1. The van der Waals surface area contributed by atoms with Gasteiger partial charge in [0.25, 0.3) is 0 Å². The molecule has 0 saturated heterocycles. The maximum absolute atomic E-state index is 13.9. The van der Waals surface area contributed by atoms with E-state index in [2.05, 4.69) is 31.0 Å². The number of aliphatic carboxylic acids is 1. The Kier molecular flexibility index (Phi) is 12.5. The fourth-order valence-corrected chi connectivity index (χ4v) is 6.48. The minimum atomic E-state index is -4.30. The molecule has 4 rings (SSSR count). The van der Waals surface area contributed by atoms with E-state index in [1.165, 1.54) is 12.1 Å². The summed E-state index contributed by atoms with van der Waals surface area (Å²) in [7, 11) is -4.30. The molecule has 46 heavy (non-hydrogen) atoms. The Morgan fingerprint density at radius 1 is 1.00 bits per heavy atom. The number of benzene rings is 2. The van der Waals surface area contributed by atoms with Crippen LogP contribution in [0.1, 0.15) is 50.5 Å². The summed E-state index contributed by atoms with van der Waals surface area (Å²) in [6, 6.07) is 9.85. The number of aromatic amines is 1. The van der Waals surface area contributed by atoms with Crippen LogP contribution in [-0.2, 0) is 30.8 Å². The smallest absolute Gasteiger partial charge is 0.305 e. The van der Waals surface area contributed by atoms with Crippen LogP contribution < -0.4 is 26.0 Å². The highest BCUT2D eigenvalue weighted by Crippen LogP contribution is 2.21. The van der Waals surface area contributed by atoms with Crippen molar-refractivity contribution < 1.29 is 32.3 Å². The molecule has 1 saturated carbocycles. The summed E-state index contributed by atoms with van der Waals surface area (Å²) in [5.41, 5.74) is 1.70. The van der Waals surface area contributed by atoms with Crippen molar-refractivity contribution in [3.05, 3.63) is 66.1 Å². The highest BCUT2D eigenvalue weighted by atomic mass is 32.2. The molecule has 15 heteroatoms. The number of nitrogens with one attached hydrogen (secondary N) is 6. The van der Waals surface area contributed by atoms with E-state index in [0.29, 0.717) is 19.4 Å². The molecule has 0 spiro atoms. The highest BCUT2D eigenvalue weighted by Gasteiger charge is 2.31. The first kappa shape index (κ1) is 34.8. The summed E-state index contributed by atoms with van der Waals surface area (Å²) < 4.78 is 42.7. The molecule has 1 fully saturated rings. The van der Waals surface area contributed by atoms with Crippen LogP contribution in [0.3, 0.4) is 0 Å². The van der Waals surface area contributed by atoms with Gasteiger partial charge in [-0.2, -0.15) is 4.72 Å². The number of amides is 2. The van der Waals surface area contributed by atoms with E-state index < -0.39 is 39.8 Å². The number of H-pyrrole nitrogens is 1. The van der Waals surface area contributed by atoms with E-state index >= 15 is 0 Å². The van der Waals surface area contributed by atoms with Crippen molar-refractivity contribution >= 4 is 56.0 Å². The van der Waals surface area contributed by atoms with Gasteiger partial charge in [0.1, 0.15) is 17.9 Å². The van der Waals surface area contributed by atoms with E-state index in [-0.39, 0.29) is 47.8 Å². The van der Waals surface area contributed by atoms with Crippen molar-refractivity contribution in [2.75, 3.05) is 13.1 Å². The predicted molar refractivity (Wildman–Crippen MR) is 175 cm³/mol. The van der Waals surface area contributed by atoms with Gasteiger partial charge >= 0.3 is 5.97 Å². The Hall–Kier alpha value is -4.08. The van der Waals surface area contributed by atoms with Gasteiger partial charge in [-0.25, -0.2) is 12.8 Å². The van der Waals surface area contributed by atoms with Crippen molar-refractivity contribution in [1.29, 1.82) is 0 Å². The number of carboxylic acid groups (broad SMARTS) is 1. The zero-order valence-electron chi connectivity index (χ0n) is 25.2. The van der Waals surface area contributed by atoms with Gasteiger partial charge in [0, 0.05) is 42.7 Å². The number of hydrogen-bond donors (Lipinski definition) is 7. The molecule has 1 aliphatic carbocycles. The number of carbonyl (C=O) groups excluding carboxylic acids is 2. The molecule has 12 nitrogen and oxygen atoms in total. The lowest BCUT2D eigenvalue weighted by Crippen LogP contribution is -2.56. The maximum atomic E-state index is 13.9. The summed E-state index contributed by atoms with van der Waals surface area (Å²) in [5.74, 6) is -2.74. The van der Waals surface area contributed by atoms with E-state index in [1.807, 2.05) is 24.3 Å². The molecule has 0 aliphatic heterocycles. The molecular formula is C31H39FN6O6S2. The molecule has 3 aromatic rings. The van der Waals surface area contributed by atoms with Gasteiger partial charge in [-0.3, -0.25) is 14.4 Å². The van der Waals surface area contributed by atoms with Gasteiger partial charge in [-0.1, -0.05) is 24.3 Å². The summed E-state index contributed by atoms with van der Waals surface area (Å²) >= 11 is 5.13. The lowest BCUT2D eigenvalue weighted by molar-refractivity contribution is -0.136. The molecule has 2 aromatic carbocycles. The topological polar surface area (TPSA) is 182 Å². The van der Waals surface area contributed by atoms with Gasteiger partial charge in [0.15, 0.2) is 5.11 Å². The molecule has 0 bridgehead atoms. The number of unbranched alkanes of at least 4 members (excludes halogenated alkanes) is 1. The Balaban J connectivity index is 1.46. The number of carboxylic acids is 1. The Bertz CT molecular complexity index is 1640. The van der Waals surface area contributed by atoms with Crippen LogP contribution in [0.4, 0.5) is 4.39 Å². The number of fused-ring (bicyclic) bond motifs is 1. The lowest BCUT2D eigenvalue weighted by atomic mass is 9.92. The molecule has 248 valence electrons. The van der Waals surface area contributed by atoms with Crippen molar-refractivity contribution in [3.63, 3.8) is 0 Å². The number of para-hydroxylation sites is 1. The third-order valence-corrected chi connectivity index (χ3v) is 9.49. The SMILES string of the molecule is O=C(O)CCNC(=S)NCCCC[C@H](NS(=O)(=O)c1cccc(F)c1)C(=O)N[C@@H](Cc1c[nH]c2ccccc12)C(=O)NC1CCC1. The van der Waals surface area contributed by atoms with Gasteiger partial charge in [-0.15, -0.1) is 0 Å². The molecule has 0 unspecified atom stereocenters. The summed E-state index contributed by atoms with van der Waals surface area (Å²) in [6.45, 7) is 0.552. The van der Waals surface area contributed by atoms with Gasteiger partial charge in [-0.05, 0) is 80.6 Å². The first-order valence-electron chi connectivity index (χ1n) is 15.2. The Morgan fingerprint density at radius 3 is 2.48 bits per heavy atom. The average Bonchev–Trinajstić information content (AvgIpc) is 3.40. The average molecular weight is 675 g/mol. The van der Waals surface area contributed by atoms with Crippen molar-refractivity contribution in [1.82, 2.24) is 31.0 Å². The minimum absolute atomic E-state index is 0.0225. The molecule has 1 heterocycles. The molecule has 2 atom stereocenters. The lowest BCUT2D eigenvalue weighted by Gasteiger charge is -2.29. The Labute approximate surface area is 272 Å². The van der Waals surface area contributed by atoms with Crippen LogP contribution in [0, 0.1) is 5.82 Å². The largest absolute Gasteiger partial charge is 0.481 e. The number of hydrogen-bond acceptors (Lipinski definition) is 6. The normalized spacial score (nSPS) is 14.5. The second-order valence-corrected chi connectivity index (χ2v) is 13.3. The van der Waals surface area contributed by atoms with E-state index in [0.717, 1.165) is 47.9 Å². The standard InChI is InChI=1S/C31H39FN6O6S2/c32-21-7-5-10-23(18-21)46(43,44)38-26(13-3-4-15-33-31(45)34-16-14-28(39)40)29(41)37-27(30(42)36-22-8-6-9-22)17-20-19-35-25-12-2-1-11-24(20)25/h1-2,5,7,10-12,18-19,22,26-27,35,38H,3-4,6,8-9,13-17H2,(H,36,42)(H,37,41)(H,39,40)(H2,33,34,45)/t26-,27-/m0/s1. The van der Waals surface area contributed by atoms with Gasteiger partial charge < -0.3 is 31.4 Å². The molecule has 2 amide bonds. The van der Waals surface area contributed by atoms with Gasteiger partial charge in [0.05, 0.1) is 11.3 Å². The third kappa shape index (κ3) is 10.2. The zero-order valence-corrected chi connectivity index (χ0v) is 26.8. The van der Waals surface area contributed by atoms with Crippen LogP contribution in [-0.4, -0.2) is 72.6 Å². The fraction of sp³-hybridized carbons (Fsp3) is 0.419. The second kappa shape index (κ2) is 16.5. The maximum Gasteiger partial charge on any atom is 0.305 e. The second-order valence-electron chi connectivity index (χ2n) is 11.2. The molecule has 0 radical (unpaired) electrons. The number of aromatic nitrogens is 1. The van der Waals surface area contributed by atoms with Crippen LogP contribution in [0.15, 0.2) is 59.6 Å².